The third-order valence-electron chi connectivity index (χ3n) is 2.54. The quantitative estimate of drug-likeness (QED) is 0.745. The lowest BCUT2D eigenvalue weighted by molar-refractivity contribution is -0.145. The van der Waals surface area contributed by atoms with Crippen LogP contribution in [0.5, 0.6) is 0 Å². The zero-order chi connectivity index (χ0) is 14.1. The summed E-state index contributed by atoms with van der Waals surface area (Å²) in [5, 5.41) is 2.61. The van der Waals surface area contributed by atoms with E-state index < -0.39 is 12.0 Å². The molecule has 1 aromatic carbocycles. The molecule has 0 aliphatic carbocycles. The molecular formula is C14H19NO4. The Labute approximate surface area is 112 Å². The lowest BCUT2D eigenvalue weighted by Gasteiger charge is -2.16. The second-order valence-electron chi connectivity index (χ2n) is 3.97. The zero-order valence-electron chi connectivity index (χ0n) is 11.2. The summed E-state index contributed by atoms with van der Waals surface area (Å²) < 4.78 is 9.69. The van der Waals surface area contributed by atoms with Crippen molar-refractivity contribution in [3.8, 4) is 0 Å². The molecule has 19 heavy (non-hydrogen) atoms. The van der Waals surface area contributed by atoms with Gasteiger partial charge in [0.1, 0.15) is 12.6 Å². The van der Waals surface area contributed by atoms with Crippen molar-refractivity contribution in [2.75, 3.05) is 20.3 Å². The Balaban J connectivity index is 2.62. The van der Waals surface area contributed by atoms with Crippen molar-refractivity contribution in [3.63, 3.8) is 0 Å². The maximum atomic E-state index is 11.6. The van der Waals surface area contributed by atoms with Gasteiger partial charge < -0.3 is 14.8 Å². The summed E-state index contributed by atoms with van der Waals surface area (Å²) in [4.78, 5) is 23.2. The normalized spacial score (nSPS) is 11.7. The van der Waals surface area contributed by atoms with Crippen LogP contribution in [0.3, 0.4) is 0 Å². The van der Waals surface area contributed by atoms with Crippen LogP contribution in [0.4, 0.5) is 0 Å². The Morgan fingerprint density at radius 2 is 1.95 bits per heavy atom. The molecule has 0 fully saturated rings. The highest BCUT2D eigenvalue weighted by Crippen LogP contribution is 2.04. The first kappa shape index (κ1) is 15.2. The van der Waals surface area contributed by atoms with Gasteiger partial charge in [0.2, 0.25) is 5.91 Å². The fourth-order valence-electron chi connectivity index (χ4n) is 1.62. The predicted octanol–water partition coefficient (Wildman–Crippen LogP) is 0.923. The molecule has 0 radical (unpaired) electrons. The maximum Gasteiger partial charge on any atom is 0.328 e. The van der Waals surface area contributed by atoms with Crippen molar-refractivity contribution < 1.29 is 19.1 Å². The summed E-state index contributed by atoms with van der Waals surface area (Å²) in [5.74, 6) is -0.790. The number of carbonyl (C=O) groups is 2. The van der Waals surface area contributed by atoms with Crippen LogP contribution >= 0.6 is 0 Å². The second kappa shape index (κ2) is 8.26. The molecule has 0 saturated heterocycles. The van der Waals surface area contributed by atoms with Crippen LogP contribution in [0.2, 0.25) is 0 Å². The molecule has 1 atom stereocenters. The molecule has 0 aliphatic heterocycles. The molecule has 0 unspecified atom stereocenters. The second-order valence-corrected chi connectivity index (χ2v) is 3.97. The minimum atomic E-state index is -0.694. The van der Waals surface area contributed by atoms with Gasteiger partial charge in [0, 0.05) is 13.0 Å². The Morgan fingerprint density at radius 1 is 1.26 bits per heavy atom. The average Bonchev–Trinajstić information content (AvgIpc) is 2.44. The largest absolute Gasteiger partial charge is 0.467 e. The lowest BCUT2D eigenvalue weighted by Crippen LogP contribution is -2.44. The Kier molecular flexibility index (Phi) is 6.60. The molecule has 1 rings (SSSR count). The number of hydrogen-bond donors (Lipinski definition) is 1. The average molecular weight is 265 g/mol. The van der Waals surface area contributed by atoms with Crippen molar-refractivity contribution in [3.05, 3.63) is 35.9 Å². The zero-order valence-corrected chi connectivity index (χ0v) is 11.2. The summed E-state index contributed by atoms with van der Waals surface area (Å²) in [6.07, 6.45) is 0.394. The third-order valence-corrected chi connectivity index (χ3v) is 2.54. The van der Waals surface area contributed by atoms with Crippen LogP contribution < -0.4 is 5.32 Å². The van der Waals surface area contributed by atoms with E-state index in [1.165, 1.54) is 7.11 Å². The first-order chi connectivity index (χ1) is 9.17. The van der Waals surface area contributed by atoms with Gasteiger partial charge in [0.25, 0.3) is 0 Å². The molecule has 0 spiro atoms. The molecule has 0 bridgehead atoms. The molecule has 0 saturated carbocycles. The Morgan fingerprint density at radius 3 is 2.53 bits per heavy atom. The summed E-state index contributed by atoms with van der Waals surface area (Å²) >= 11 is 0. The Hall–Kier alpha value is -1.88. The molecular weight excluding hydrogens is 246 g/mol. The van der Waals surface area contributed by atoms with Crippen molar-refractivity contribution in [1.82, 2.24) is 5.32 Å². The van der Waals surface area contributed by atoms with Gasteiger partial charge >= 0.3 is 5.97 Å². The monoisotopic (exact) mass is 265 g/mol. The number of rotatable bonds is 7. The highest BCUT2D eigenvalue weighted by Gasteiger charge is 2.21. The maximum absolute atomic E-state index is 11.6. The summed E-state index contributed by atoms with van der Waals surface area (Å²) in [6, 6.07) is 8.75. The number of amides is 1. The predicted molar refractivity (Wildman–Crippen MR) is 70.6 cm³/mol. The number of hydrogen-bond acceptors (Lipinski definition) is 4. The van der Waals surface area contributed by atoms with Crippen molar-refractivity contribution in [2.45, 2.75) is 19.4 Å². The van der Waals surface area contributed by atoms with Gasteiger partial charge in [-0.2, -0.15) is 0 Å². The van der Waals surface area contributed by atoms with Gasteiger partial charge in [-0.25, -0.2) is 4.79 Å². The fourth-order valence-corrected chi connectivity index (χ4v) is 1.62. The molecule has 0 heterocycles. The Bertz CT molecular complexity index is 405. The van der Waals surface area contributed by atoms with E-state index in [0.717, 1.165) is 5.56 Å². The van der Waals surface area contributed by atoms with Crippen molar-refractivity contribution >= 4 is 11.9 Å². The van der Waals surface area contributed by atoms with Crippen LogP contribution in [0.15, 0.2) is 30.3 Å². The highest BCUT2D eigenvalue weighted by molar-refractivity contribution is 5.85. The SMILES string of the molecule is CCOCC(=O)N[C@H](Cc1ccccc1)C(=O)OC. The minimum Gasteiger partial charge on any atom is -0.467 e. The summed E-state index contributed by atoms with van der Waals surface area (Å²) in [7, 11) is 1.30. The number of nitrogens with one attached hydrogen (secondary N) is 1. The van der Waals surface area contributed by atoms with E-state index in [9.17, 15) is 9.59 Å². The van der Waals surface area contributed by atoms with Crippen molar-refractivity contribution in [1.29, 1.82) is 0 Å². The first-order valence-electron chi connectivity index (χ1n) is 6.16. The van der Waals surface area contributed by atoms with Crippen LogP contribution in [0.25, 0.3) is 0 Å². The van der Waals surface area contributed by atoms with Crippen LogP contribution in [-0.2, 0) is 25.5 Å². The smallest absolute Gasteiger partial charge is 0.328 e. The molecule has 0 aromatic heterocycles. The number of esters is 1. The van der Waals surface area contributed by atoms with E-state index >= 15 is 0 Å². The van der Waals surface area contributed by atoms with Crippen LogP contribution in [0, 0.1) is 0 Å². The van der Waals surface area contributed by atoms with Gasteiger partial charge in [-0.3, -0.25) is 4.79 Å². The number of benzene rings is 1. The summed E-state index contributed by atoms with van der Waals surface area (Å²) in [5.41, 5.74) is 0.953. The molecule has 5 nitrogen and oxygen atoms in total. The number of carbonyl (C=O) groups excluding carboxylic acids is 2. The van der Waals surface area contributed by atoms with E-state index in [1.807, 2.05) is 30.3 Å². The molecule has 1 N–H and O–H groups in total. The van der Waals surface area contributed by atoms with Gasteiger partial charge in [0.05, 0.1) is 7.11 Å². The summed E-state index contributed by atoms with van der Waals surface area (Å²) in [6.45, 7) is 2.20. The molecule has 1 aromatic rings. The van der Waals surface area contributed by atoms with E-state index in [0.29, 0.717) is 13.0 Å². The van der Waals surface area contributed by atoms with E-state index in [4.69, 9.17) is 9.47 Å². The standard InChI is InChI=1S/C14H19NO4/c1-3-19-10-13(16)15-12(14(17)18-2)9-11-7-5-4-6-8-11/h4-8,12H,3,9-10H2,1-2H3,(H,15,16)/t12-/m1/s1. The topological polar surface area (TPSA) is 64.6 Å². The molecule has 104 valence electrons. The number of methoxy groups -OCH3 is 1. The third kappa shape index (κ3) is 5.52. The van der Waals surface area contributed by atoms with E-state index in [1.54, 1.807) is 6.92 Å². The lowest BCUT2D eigenvalue weighted by atomic mass is 10.1. The van der Waals surface area contributed by atoms with Crippen LogP contribution in [-0.4, -0.2) is 38.2 Å². The van der Waals surface area contributed by atoms with Gasteiger partial charge in [0.15, 0.2) is 0 Å². The van der Waals surface area contributed by atoms with E-state index in [-0.39, 0.29) is 12.5 Å². The van der Waals surface area contributed by atoms with Crippen molar-refractivity contribution in [2.24, 2.45) is 0 Å². The highest BCUT2D eigenvalue weighted by atomic mass is 16.5. The molecule has 1 amide bonds. The fraction of sp³-hybridized carbons (Fsp3) is 0.429. The van der Waals surface area contributed by atoms with Gasteiger partial charge in [-0.05, 0) is 12.5 Å². The molecule has 5 heteroatoms. The van der Waals surface area contributed by atoms with Gasteiger partial charge in [-0.15, -0.1) is 0 Å². The van der Waals surface area contributed by atoms with Crippen LogP contribution in [0.1, 0.15) is 12.5 Å². The van der Waals surface area contributed by atoms with Gasteiger partial charge in [-0.1, -0.05) is 30.3 Å². The van der Waals surface area contributed by atoms with E-state index in [2.05, 4.69) is 5.32 Å². The molecule has 0 aliphatic rings. The number of ether oxygens (including phenoxy) is 2. The first-order valence-corrected chi connectivity index (χ1v) is 6.16. The minimum absolute atomic E-state index is 0.0568.